The third-order valence-electron chi connectivity index (χ3n) is 6.47. The van der Waals surface area contributed by atoms with Gasteiger partial charge in [-0.2, -0.15) is 0 Å². The summed E-state index contributed by atoms with van der Waals surface area (Å²) in [5.74, 6) is -1.01. The average Bonchev–Trinajstić information content (AvgIpc) is 3.18. The van der Waals surface area contributed by atoms with E-state index in [2.05, 4.69) is 0 Å². The zero-order chi connectivity index (χ0) is 23.3. The van der Waals surface area contributed by atoms with Crippen molar-refractivity contribution < 1.29 is 28.6 Å². The van der Waals surface area contributed by atoms with Crippen molar-refractivity contribution in [1.29, 1.82) is 0 Å². The number of carbonyl (C=O) groups is 3. The lowest BCUT2D eigenvalue weighted by Gasteiger charge is -2.18. The van der Waals surface area contributed by atoms with Gasteiger partial charge in [-0.1, -0.05) is 70.6 Å². The lowest BCUT2D eigenvalue weighted by Crippen LogP contribution is -2.30. The highest BCUT2D eigenvalue weighted by Gasteiger charge is 2.44. The highest BCUT2D eigenvalue weighted by Crippen LogP contribution is 2.29. The van der Waals surface area contributed by atoms with Crippen LogP contribution in [0.5, 0.6) is 0 Å². The van der Waals surface area contributed by atoms with Gasteiger partial charge in [0.25, 0.3) is 0 Å². The Morgan fingerprint density at radius 1 is 0.844 bits per heavy atom. The van der Waals surface area contributed by atoms with Crippen LogP contribution in [0.2, 0.25) is 0 Å². The molecule has 182 valence electrons. The van der Waals surface area contributed by atoms with Crippen LogP contribution in [-0.2, 0) is 28.6 Å². The van der Waals surface area contributed by atoms with E-state index in [0.717, 1.165) is 37.7 Å². The van der Waals surface area contributed by atoms with Crippen LogP contribution in [-0.4, -0.2) is 36.2 Å². The molecule has 2 aliphatic rings. The third-order valence-corrected chi connectivity index (χ3v) is 6.47. The number of cyclic esters (lactones) is 2. The number of unbranched alkanes of at least 4 members (excludes halogenated alkanes) is 11. The first-order valence-corrected chi connectivity index (χ1v) is 12.7. The molecule has 2 heterocycles. The van der Waals surface area contributed by atoms with E-state index in [1.54, 1.807) is 6.92 Å². The van der Waals surface area contributed by atoms with E-state index in [1.165, 1.54) is 64.7 Å². The molecule has 2 aliphatic heterocycles. The Bertz CT molecular complexity index is 640. The van der Waals surface area contributed by atoms with Crippen LogP contribution in [0.25, 0.3) is 0 Å². The first-order valence-electron chi connectivity index (χ1n) is 12.7. The van der Waals surface area contributed by atoms with E-state index in [0.29, 0.717) is 0 Å². The zero-order valence-electron chi connectivity index (χ0n) is 20.2. The van der Waals surface area contributed by atoms with Gasteiger partial charge in [0.15, 0.2) is 6.10 Å². The summed E-state index contributed by atoms with van der Waals surface area (Å²) in [6.45, 7) is 5.07. The SMILES string of the molecule is CC(=O)O[C@@H]1[C@H](C)OC(=O)[C@@H]1CCCCCCCCCCCCCCC1=C[C@H](C)OC1=O. The Morgan fingerprint density at radius 2 is 1.38 bits per heavy atom. The summed E-state index contributed by atoms with van der Waals surface area (Å²) >= 11 is 0. The number of hydrogen-bond donors (Lipinski definition) is 0. The van der Waals surface area contributed by atoms with Crippen molar-refractivity contribution in [3.8, 4) is 0 Å². The summed E-state index contributed by atoms with van der Waals surface area (Å²) in [6, 6.07) is 0. The second-order valence-corrected chi connectivity index (χ2v) is 9.41. The van der Waals surface area contributed by atoms with Crippen molar-refractivity contribution in [1.82, 2.24) is 0 Å². The van der Waals surface area contributed by atoms with Crippen LogP contribution in [0.3, 0.4) is 0 Å². The normalized spacial score (nSPS) is 24.9. The molecule has 2 rings (SSSR count). The maximum Gasteiger partial charge on any atom is 0.334 e. The van der Waals surface area contributed by atoms with Crippen LogP contribution in [0.4, 0.5) is 0 Å². The molecule has 0 amide bonds. The molecule has 0 aromatic rings. The molecule has 0 radical (unpaired) electrons. The Kier molecular flexibility index (Phi) is 11.8. The molecule has 32 heavy (non-hydrogen) atoms. The molecule has 6 heteroatoms. The molecule has 1 fully saturated rings. The topological polar surface area (TPSA) is 78.9 Å². The Balaban J connectivity index is 1.37. The van der Waals surface area contributed by atoms with Gasteiger partial charge in [-0.15, -0.1) is 0 Å². The molecule has 0 spiro atoms. The molecule has 0 bridgehead atoms. The van der Waals surface area contributed by atoms with Crippen molar-refractivity contribution in [3.63, 3.8) is 0 Å². The molecule has 0 N–H and O–H groups in total. The highest BCUT2D eigenvalue weighted by atomic mass is 16.6. The molecule has 0 saturated carbocycles. The molecule has 6 nitrogen and oxygen atoms in total. The third kappa shape index (κ3) is 9.33. The molecular weight excluding hydrogens is 408 g/mol. The summed E-state index contributed by atoms with van der Waals surface area (Å²) in [5.41, 5.74) is 0.861. The average molecular weight is 451 g/mol. The fourth-order valence-electron chi connectivity index (χ4n) is 4.71. The quantitative estimate of drug-likeness (QED) is 0.168. The Hall–Kier alpha value is -1.85. The van der Waals surface area contributed by atoms with E-state index < -0.39 is 6.10 Å². The predicted octanol–water partition coefficient (Wildman–Crippen LogP) is 5.81. The predicted molar refractivity (Wildman–Crippen MR) is 123 cm³/mol. The lowest BCUT2D eigenvalue weighted by atomic mass is 9.94. The van der Waals surface area contributed by atoms with Gasteiger partial charge < -0.3 is 14.2 Å². The summed E-state index contributed by atoms with van der Waals surface area (Å²) in [7, 11) is 0. The Labute approximate surface area is 193 Å². The van der Waals surface area contributed by atoms with Crippen molar-refractivity contribution in [2.24, 2.45) is 5.92 Å². The minimum absolute atomic E-state index is 0.0490. The van der Waals surface area contributed by atoms with E-state index in [-0.39, 0.29) is 36.0 Å². The number of carbonyl (C=O) groups excluding carboxylic acids is 3. The van der Waals surface area contributed by atoms with Crippen LogP contribution >= 0.6 is 0 Å². The van der Waals surface area contributed by atoms with E-state index in [4.69, 9.17) is 14.2 Å². The molecule has 4 atom stereocenters. The van der Waals surface area contributed by atoms with E-state index in [1.807, 2.05) is 13.0 Å². The van der Waals surface area contributed by atoms with Gasteiger partial charge >= 0.3 is 17.9 Å². The van der Waals surface area contributed by atoms with Gasteiger partial charge in [0.05, 0.1) is 5.92 Å². The fraction of sp³-hybridized carbons (Fsp3) is 0.808. The number of hydrogen-bond acceptors (Lipinski definition) is 6. The van der Waals surface area contributed by atoms with Gasteiger partial charge in [0.2, 0.25) is 0 Å². The summed E-state index contributed by atoms with van der Waals surface area (Å²) in [4.78, 5) is 34.8. The minimum Gasteiger partial charge on any atom is -0.458 e. The maximum atomic E-state index is 12.0. The second kappa shape index (κ2) is 14.3. The molecular formula is C26H42O6. The zero-order valence-corrected chi connectivity index (χ0v) is 20.2. The van der Waals surface area contributed by atoms with Gasteiger partial charge in [-0.05, 0) is 39.2 Å². The lowest BCUT2D eigenvalue weighted by molar-refractivity contribution is -0.150. The minimum atomic E-state index is -0.431. The van der Waals surface area contributed by atoms with Crippen LogP contribution in [0.15, 0.2) is 11.6 Å². The van der Waals surface area contributed by atoms with Crippen LogP contribution in [0, 0.1) is 5.92 Å². The van der Waals surface area contributed by atoms with Gasteiger partial charge in [-0.3, -0.25) is 9.59 Å². The first-order chi connectivity index (χ1) is 15.4. The molecule has 0 unspecified atom stereocenters. The first kappa shape index (κ1) is 26.4. The van der Waals surface area contributed by atoms with Crippen molar-refractivity contribution in [2.75, 3.05) is 0 Å². The largest absolute Gasteiger partial charge is 0.458 e. The van der Waals surface area contributed by atoms with Gasteiger partial charge in [0, 0.05) is 12.5 Å². The monoisotopic (exact) mass is 450 g/mol. The standard InChI is InChI=1S/C26H42O6/c1-19-18-22(25(28)30-19)16-14-12-10-8-6-4-5-7-9-11-13-15-17-23-24(32-21(3)27)20(2)31-26(23)29/h18-20,23-24H,4-17H2,1-3H3/t19-,20-,23+,24+/m0/s1. The molecule has 0 aromatic carbocycles. The van der Waals surface area contributed by atoms with Crippen molar-refractivity contribution >= 4 is 17.9 Å². The van der Waals surface area contributed by atoms with Crippen LogP contribution < -0.4 is 0 Å². The fourth-order valence-corrected chi connectivity index (χ4v) is 4.71. The molecule has 0 aliphatic carbocycles. The summed E-state index contributed by atoms with van der Waals surface area (Å²) < 4.78 is 15.7. The number of esters is 3. The van der Waals surface area contributed by atoms with Crippen LogP contribution in [0.1, 0.15) is 111 Å². The number of ether oxygens (including phenoxy) is 3. The van der Waals surface area contributed by atoms with E-state index >= 15 is 0 Å². The maximum absolute atomic E-state index is 12.0. The summed E-state index contributed by atoms with van der Waals surface area (Å²) in [6.07, 6.45) is 17.1. The number of rotatable bonds is 16. The highest BCUT2D eigenvalue weighted by molar-refractivity contribution is 5.90. The van der Waals surface area contributed by atoms with Crippen molar-refractivity contribution in [2.45, 2.75) is 129 Å². The smallest absolute Gasteiger partial charge is 0.334 e. The van der Waals surface area contributed by atoms with Gasteiger partial charge in [-0.25, -0.2) is 4.79 Å². The molecule has 1 saturated heterocycles. The van der Waals surface area contributed by atoms with E-state index in [9.17, 15) is 14.4 Å². The van der Waals surface area contributed by atoms with Crippen molar-refractivity contribution in [3.05, 3.63) is 11.6 Å². The Morgan fingerprint density at radius 3 is 1.88 bits per heavy atom. The molecule has 0 aromatic heterocycles. The van der Waals surface area contributed by atoms with Gasteiger partial charge in [0.1, 0.15) is 12.2 Å². The second-order valence-electron chi connectivity index (χ2n) is 9.41. The summed E-state index contributed by atoms with van der Waals surface area (Å²) in [5, 5.41) is 0.